The first-order chi connectivity index (χ1) is 26.3. The van der Waals surface area contributed by atoms with Gasteiger partial charge in [0.25, 0.3) is 0 Å². The molecule has 246 valence electrons. The number of para-hydroxylation sites is 1. The summed E-state index contributed by atoms with van der Waals surface area (Å²) in [4.78, 5) is 0. The Morgan fingerprint density at radius 2 is 0.925 bits per heavy atom. The van der Waals surface area contributed by atoms with Gasteiger partial charge >= 0.3 is 0 Å². The minimum atomic E-state index is 0.903. The van der Waals surface area contributed by atoms with E-state index >= 15 is 0 Å². The Kier molecular flexibility index (Phi) is 5.96. The van der Waals surface area contributed by atoms with Crippen molar-refractivity contribution >= 4 is 97.6 Å². The van der Waals surface area contributed by atoms with E-state index in [9.17, 15) is 0 Å². The molecule has 0 aliphatic rings. The quantitative estimate of drug-likeness (QED) is 0.172. The Hall–Kier alpha value is -6.68. The van der Waals surface area contributed by atoms with Crippen LogP contribution in [0, 0.1) is 0 Å². The van der Waals surface area contributed by atoms with Gasteiger partial charge in [-0.2, -0.15) is 0 Å². The van der Waals surface area contributed by atoms with E-state index in [1.54, 1.807) is 11.3 Å². The lowest BCUT2D eigenvalue weighted by atomic mass is 9.84. The topological polar surface area (TPSA) is 26.3 Å². The van der Waals surface area contributed by atoms with Gasteiger partial charge in [-0.1, -0.05) is 127 Å². The van der Waals surface area contributed by atoms with E-state index in [1.807, 2.05) is 6.07 Å². The van der Waals surface area contributed by atoms with Crippen molar-refractivity contribution in [1.82, 2.24) is 0 Å². The van der Waals surface area contributed by atoms with Crippen molar-refractivity contribution < 1.29 is 8.83 Å². The second kappa shape index (κ2) is 10.9. The molecule has 53 heavy (non-hydrogen) atoms. The van der Waals surface area contributed by atoms with Crippen molar-refractivity contribution in [2.45, 2.75) is 0 Å². The van der Waals surface area contributed by atoms with Crippen LogP contribution in [-0.4, -0.2) is 0 Å². The third kappa shape index (κ3) is 4.14. The zero-order chi connectivity index (χ0) is 34.6. The molecule has 0 fully saturated rings. The number of hydrogen-bond donors (Lipinski definition) is 0. The highest BCUT2D eigenvalue weighted by atomic mass is 32.1. The van der Waals surface area contributed by atoms with E-state index in [-0.39, 0.29) is 0 Å². The molecule has 0 aliphatic heterocycles. The van der Waals surface area contributed by atoms with E-state index in [4.69, 9.17) is 8.83 Å². The van der Waals surface area contributed by atoms with Gasteiger partial charge in [-0.3, -0.25) is 0 Å². The van der Waals surface area contributed by atoms with E-state index in [0.29, 0.717) is 0 Å². The first-order valence-electron chi connectivity index (χ1n) is 18.0. The number of hydrogen-bond acceptors (Lipinski definition) is 3. The number of rotatable bonds is 3. The predicted molar refractivity (Wildman–Crippen MR) is 225 cm³/mol. The molecule has 0 unspecified atom stereocenters. The molecular weight excluding hydrogens is 665 g/mol. The maximum Gasteiger partial charge on any atom is 0.143 e. The van der Waals surface area contributed by atoms with Gasteiger partial charge in [0, 0.05) is 42.6 Å². The zero-order valence-corrected chi connectivity index (χ0v) is 29.2. The maximum atomic E-state index is 6.56. The minimum Gasteiger partial charge on any atom is -0.456 e. The number of benzene rings is 9. The molecule has 12 rings (SSSR count). The summed E-state index contributed by atoms with van der Waals surface area (Å²) in [5.41, 5.74) is 11.0. The summed E-state index contributed by atoms with van der Waals surface area (Å²) in [7, 11) is 0. The van der Waals surface area contributed by atoms with Crippen LogP contribution in [0.5, 0.6) is 0 Å². The van der Waals surface area contributed by atoms with E-state index < -0.39 is 0 Å². The lowest BCUT2D eigenvalue weighted by Crippen LogP contribution is -1.92. The first kappa shape index (κ1) is 29.0. The third-order valence-corrected chi connectivity index (χ3v) is 12.1. The van der Waals surface area contributed by atoms with Crippen LogP contribution >= 0.6 is 11.3 Å². The summed E-state index contributed by atoms with van der Waals surface area (Å²) in [5.74, 6) is 0. The Bertz CT molecular complexity index is 3390. The highest BCUT2D eigenvalue weighted by Gasteiger charge is 2.22. The largest absolute Gasteiger partial charge is 0.456 e. The molecule has 0 bridgehead atoms. The Balaban J connectivity index is 1.13. The fourth-order valence-corrected chi connectivity index (χ4v) is 9.77. The van der Waals surface area contributed by atoms with Gasteiger partial charge in [0.05, 0.1) is 0 Å². The zero-order valence-electron chi connectivity index (χ0n) is 28.4. The molecule has 0 amide bonds. The molecule has 0 N–H and O–H groups in total. The van der Waals surface area contributed by atoms with Gasteiger partial charge in [-0.25, -0.2) is 0 Å². The molecule has 0 saturated carbocycles. The summed E-state index contributed by atoms with van der Waals surface area (Å²) in [6.07, 6.45) is 0. The molecule has 12 aromatic rings. The van der Waals surface area contributed by atoms with Crippen LogP contribution in [0.25, 0.3) is 120 Å². The molecule has 0 spiro atoms. The van der Waals surface area contributed by atoms with Crippen LogP contribution in [0.1, 0.15) is 0 Å². The van der Waals surface area contributed by atoms with Crippen molar-refractivity contribution in [3.8, 4) is 33.4 Å². The average molecular weight is 693 g/mol. The Labute approximate surface area is 307 Å². The molecule has 3 heteroatoms. The standard InChI is InChI=1S/C50H28O2S/c1-2-12-29(13-3-1)43-28-53-47-27-39-38-24-30(22-23-45(38)51-46(39)26-40(43)47)48-33-16-5-7-18-35(33)49(36-19-8-6-17-34(36)48)41-25-42-32-15-10-11-21-44(32)52-50(42)37-20-9-4-14-31(37)41/h1-28H. The van der Waals surface area contributed by atoms with Crippen LogP contribution in [0.4, 0.5) is 0 Å². The predicted octanol–water partition coefficient (Wildman–Crippen LogP) is 15.2. The molecule has 2 nitrogen and oxygen atoms in total. The molecule has 0 atom stereocenters. The second-order valence-corrected chi connectivity index (χ2v) is 14.9. The van der Waals surface area contributed by atoms with Crippen molar-refractivity contribution in [1.29, 1.82) is 0 Å². The van der Waals surface area contributed by atoms with E-state index in [2.05, 4.69) is 163 Å². The van der Waals surface area contributed by atoms with Crippen LogP contribution < -0.4 is 0 Å². The van der Waals surface area contributed by atoms with Crippen LogP contribution in [0.2, 0.25) is 0 Å². The number of fused-ring (bicyclic) bond motifs is 11. The van der Waals surface area contributed by atoms with Gasteiger partial charge in [-0.15, -0.1) is 11.3 Å². The molecule has 3 aromatic heterocycles. The molecule has 9 aromatic carbocycles. The molecule has 0 aliphatic carbocycles. The first-order valence-corrected chi connectivity index (χ1v) is 18.9. The van der Waals surface area contributed by atoms with Crippen molar-refractivity contribution in [3.05, 3.63) is 169 Å². The summed E-state index contributed by atoms with van der Waals surface area (Å²) >= 11 is 1.79. The molecule has 3 heterocycles. The minimum absolute atomic E-state index is 0.903. The smallest absolute Gasteiger partial charge is 0.143 e. The van der Waals surface area contributed by atoms with Crippen molar-refractivity contribution in [3.63, 3.8) is 0 Å². The fraction of sp³-hybridized carbons (Fsp3) is 0. The summed E-state index contributed by atoms with van der Waals surface area (Å²) in [6.45, 7) is 0. The molecule has 0 saturated heterocycles. The highest BCUT2D eigenvalue weighted by Crippen LogP contribution is 2.48. The van der Waals surface area contributed by atoms with Crippen molar-refractivity contribution in [2.75, 3.05) is 0 Å². The lowest BCUT2D eigenvalue weighted by molar-refractivity contribution is 0.669. The van der Waals surface area contributed by atoms with Gasteiger partial charge in [0.1, 0.15) is 22.3 Å². The number of thiophene rings is 1. The summed E-state index contributed by atoms with van der Waals surface area (Å²) in [5, 5.41) is 15.3. The highest BCUT2D eigenvalue weighted by molar-refractivity contribution is 7.17. The Morgan fingerprint density at radius 1 is 0.321 bits per heavy atom. The number of furan rings is 2. The fourth-order valence-electron chi connectivity index (χ4n) is 8.78. The maximum absolute atomic E-state index is 6.56. The van der Waals surface area contributed by atoms with E-state index in [1.165, 1.54) is 70.4 Å². The van der Waals surface area contributed by atoms with Crippen LogP contribution in [0.15, 0.2) is 178 Å². The van der Waals surface area contributed by atoms with Crippen LogP contribution in [0.3, 0.4) is 0 Å². The normalized spacial score (nSPS) is 12.2. The van der Waals surface area contributed by atoms with Gasteiger partial charge < -0.3 is 8.83 Å². The second-order valence-electron chi connectivity index (χ2n) is 14.0. The lowest BCUT2D eigenvalue weighted by Gasteiger charge is -2.19. The van der Waals surface area contributed by atoms with E-state index in [0.717, 1.165) is 49.3 Å². The monoisotopic (exact) mass is 692 g/mol. The van der Waals surface area contributed by atoms with Gasteiger partial charge in [0.2, 0.25) is 0 Å². The SMILES string of the molecule is c1ccc(-c2csc3cc4c(cc23)oc2ccc(-c3c5ccccc5c(-c5cc6c7ccccc7oc6c6ccccc56)c5ccccc35)cc24)cc1. The molecular formula is C50H28O2S. The van der Waals surface area contributed by atoms with Gasteiger partial charge in [0.15, 0.2) is 0 Å². The Morgan fingerprint density at radius 3 is 1.68 bits per heavy atom. The summed E-state index contributed by atoms with van der Waals surface area (Å²) < 4.78 is 14.3. The van der Waals surface area contributed by atoms with Crippen LogP contribution in [-0.2, 0) is 0 Å². The summed E-state index contributed by atoms with van der Waals surface area (Å²) in [6, 6.07) is 59.1. The average Bonchev–Trinajstić information content (AvgIpc) is 3.92. The third-order valence-electron chi connectivity index (χ3n) is 11.1. The van der Waals surface area contributed by atoms with Gasteiger partial charge in [-0.05, 0) is 96.5 Å². The molecule has 0 radical (unpaired) electrons. The van der Waals surface area contributed by atoms with Crippen molar-refractivity contribution in [2.24, 2.45) is 0 Å².